The topological polar surface area (TPSA) is 81.7 Å². The maximum absolute atomic E-state index is 12.7. The van der Waals surface area contributed by atoms with Gasteiger partial charge in [-0.2, -0.15) is 0 Å². The molecule has 0 unspecified atom stereocenters. The summed E-state index contributed by atoms with van der Waals surface area (Å²) < 4.78 is 38.1. The van der Waals surface area contributed by atoms with Crippen molar-refractivity contribution in [2.24, 2.45) is 5.92 Å². The average molecular weight is 454 g/mol. The zero-order valence-electron chi connectivity index (χ0n) is 18.5. The summed E-state index contributed by atoms with van der Waals surface area (Å²) in [6.45, 7) is 3.71. The first kappa shape index (κ1) is 23.3. The maximum Gasteiger partial charge on any atom is 0.309 e. The van der Waals surface area contributed by atoms with E-state index < -0.39 is 15.9 Å². The number of aryl methyl sites for hydroxylation is 1. The Labute approximate surface area is 189 Å². The van der Waals surface area contributed by atoms with E-state index in [2.05, 4.69) is 4.72 Å². The SMILES string of the molecule is COC(=O)[C@H](C)[C@@H](c1ccc(NS(=O)(=O)c2ccc(C)cc2)cc1)c1ccc(OC)cc1. The van der Waals surface area contributed by atoms with Crippen LogP contribution in [0.5, 0.6) is 5.75 Å². The van der Waals surface area contributed by atoms with Crippen molar-refractivity contribution < 1.29 is 22.7 Å². The van der Waals surface area contributed by atoms with Gasteiger partial charge in [-0.25, -0.2) is 8.42 Å². The number of methoxy groups -OCH3 is 2. The normalized spacial score (nSPS) is 13.1. The Morgan fingerprint density at radius 3 is 1.88 bits per heavy atom. The molecule has 0 aliphatic carbocycles. The lowest BCUT2D eigenvalue weighted by molar-refractivity contribution is -0.145. The number of ether oxygens (including phenoxy) is 2. The van der Waals surface area contributed by atoms with Crippen LogP contribution >= 0.6 is 0 Å². The zero-order chi connectivity index (χ0) is 23.3. The van der Waals surface area contributed by atoms with Crippen molar-refractivity contribution in [1.29, 1.82) is 0 Å². The second-order valence-electron chi connectivity index (χ2n) is 7.60. The van der Waals surface area contributed by atoms with Crippen molar-refractivity contribution in [2.45, 2.75) is 24.7 Å². The van der Waals surface area contributed by atoms with Crippen LogP contribution in [0.4, 0.5) is 5.69 Å². The second kappa shape index (κ2) is 9.87. The van der Waals surface area contributed by atoms with E-state index in [1.54, 1.807) is 43.5 Å². The molecular formula is C25H27NO5S. The molecule has 0 spiro atoms. The fourth-order valence-electron chi connectivity index (χ4n) is 3.59. The number of hydrogen-bond donors (Lipinski definition) is 1. The molecule has 0 aliphatic rings. The van der Waals surface area contributed by atoms with Crippen LogP contribution in [0.25, 0.3) is 0 Å². The van der Waals surface area contributed by atoms with E-state index in [4.69, 9.17) is 9.47 Å². The molecule has 0 heterocycles. The lowest BCUT2D eigenvalue weighted by Crippen LogP contribution is -2.22. The minimum absolute atomic E-state index is 0.197. The Balaban J connectivity index is 1.89. The number of carbonyl (C=O) groups is 1. The Morgan fingerprint density at radius 2 is 1.38 bits per heavy atom. The van der Waals surface area contributed by atoms with Crippen LogP contribution in [0, 0.1) is 12.8 Å². The molecule has 1 N–H and O–H groups in total. The Hall–Kier alpha value is -3.32. The van der Waals surface area contributed by atoms with E-state index >= 15 is 0 Å². The number of benzene rings is 3. The van der Waals surface area contributed by atoms with Crippen LogP contribution in [-0.2, 0) is 19.6 Å². The van der Waals surface area contributed by atoms with Gasteiger partial charge in [0.15, 0.2) is 0 Å². The quantitative estimate of drug-likeness (QED) is 0.498. The number of sulfonamides is 1. The van der Waals surface area contributed by atoms with Crippen molar-refractivity contribution in [3.8, 4) is 5.75 Å². The highest BCUT2D eigenvalue weighted by Crippen LogP contribution is 2.34. The van der Waals surface area contributed by atoms with Crippen LogP contribution in [0.15, 0.2) is 77.7 Å². The monoisotopic (exact) mass is 453 g/mol. The third-order valence-corrected chi connectivity index (χ3v) is 6.80. The predicted octanol–water partition coefficient (Wildman–Crippen LogP) is 4.75. The van der Waals surface area contributed by atoms with Crippen LogP contribution in [0.1, 0.15) is 29.5 Å². The molecule has 0 radical (unpaired) electrons. The average Bonchev–Trinajstić information content (AvgIpc) is 2.80. The highest BCUT2D eigenvalue weighted by atomic mass is 32.2. The van der Waals surface area contributed by atoms with Gasteiger partial charge in [-0.1, -0.05) is 48.9 Å². The first-order valence-corrected chi connectivity index (χ1v) is 11.6. The highest BCUT2D eigenvalue weighted by molar-refractivity contribution is 7.92. The van der Waals surface area contributed by atoms with Crippen molar-refractivity contribution >= 4 is 21.7 Å². The van der Waals surface area contributed by atoms with Crippen molar-refractivity contribution in [3.05, 3.63) is 89.5 Å². The maximum atomic E-state index is 12.7. The van der Waals surface area contributed by atoms with E-state index in [1.165, 1.54) is 7.11 Å². The second-order valence-corrected chi connectivity index (χ2v) is 9.29. The molecule has 6 nitrogen and oxygen atoms in total. The summed E-state index contributed by atoms with van der Waals surface area (Å²) in [4.78, 5) is 12.5. The number of nitrogens with one attached hydrogen (secondary N) is 1. The molecule has 0 aromatic heterocycles. The zero-order valence-corrected chi connectivity index (χ0v) is 19.3. The van der Waals surface area contributed by atoms with E-state index in [-0.39, 0.29) is 16.8 Å². The third-order valence-electron chi connectivity index (χ3n) is 5.40. The molecule has 0 bridgehead atoms. The summed E-state index contributed by atoms with van der Waals surface area (Å²) in [6, 6.07) is 21.2. The lowest BCUT2D eigenvalue weighted by atomic mass is 9.81. The third kappa shape index (κ3) is 5.29. The van der Waals surface area contributed by atoms with Gasteiger partial charge in [-0.15, -0.1) is 0 Å². The minimum Gasteiger partial charge on any atom is -0.497 e. The van der Waals surface area contributed by atoms with Gasteiger partial charge in [0.25, 0.3) is 10.0 Å². The van der Waals surface area contributed by atoms with Crippen LogP contribution in [0.3, 0.4) is 0 Å². The van der Waals surface area contributed by atoms with Crippen LogP contribution in [0.2, 0.25) is 0 Å². The molecule has 168 valence electrons. The van der Waals surface area contributed by atoms with Gasteiger partial charge in [-0.3, -0.25) is 9.52 Å². The van der Waals surface area contributed by atoms with Gasteiger partial charge in [0.2, 0.25) is 0 Å². The number of carbonyl (C=O) groups excluding carboxylic acids is 1. The molecule has 3 aromatic carbocycles. The van der Waals surface area contributed by atoms with E-state index in [0.29, 0.717) is 5.69 Å². The number of esters is 1. The minimum atomic E-state index is -3.69. The number of anilines is 1. The van der Waals surface area contributed by atoms with E-state index in [1.807, 2.05) is 50.2 Å². The Morgan fingerprint density at radius 1 is 0.844 bits per heavy atom. The highest BCUT2D eigenvalue weighted by Gasteiger charge is 2.28. The van der Waals surface area contributed by atoms with Gasteiger partial charge in [-0.05, 0) is 54.4 Å². The van der Waals surface area contributed by atoms with E-state index in [0.717, 1.165) is 22.4 Å². The molecule has 3 rings (SSSR count). The molecule has 2 atom stereocenters. The number of rotatable bonds is 8. The van der Waals surface area contributed by atoms with Gasteiger partial charge in [0, 0.05) is 11.6 Å². The molecule has 0 saturated carbocycles. The molecule has 0 amide bonds. The molecule has 0 aliphatic heterocycles. The van der Waals surface area contributed by atoms with Crippen molar-refractivity contribution in [1.82, 2.24) is 0 Å². The number of hydrogen-bond acceptors (Lipinski definition) is 5. The fraction of sp³-hybridized carbons (Fsp3) is 0.240. The van der Waals surface area contributed by atoms with Gasteiger partial charge < -0.3 is 9.47 Å². The van der Waals surface area contributed by atoms with Crippen molar-refractivity contribution in [2.75, 3.05) is 18.9 Å². The molecule has 0 fully saturated rings. The summed E-state index contributed by atoms with van der Waals surface area (Å²) in [6.07, 6.45) is 0. The van der Waals surface area contributed by atoms with Gasteiger partial charge in [0.05, 0.1) is 25.0 Å². The first-order valence-electron chi connectivity index (χ1n) is 10.2. The van der Waals surface area contributed by atoms with Crippen molar-refractivity contribution in [3.63, 3.8) is 0 Å². The van der Waals surface area contributed by atoms with Gasteiger partial charge in [0.1, 0.15) is 5.75 Å². The van der Waals surface area contributed by atoms with Crippen LogP contribution in [-0.4, -0.2) is 28.6 Å². The molecule has 0 saturated heterocycles. The predicted molar refractivity (Wildman–Crippen MR) is 124 cm³/mol. The molecular weight excluding hydrogens is 426 g/mol. The van der Waals surface area contributed by atoms with Crippen LogP contribution < -0.4 is 9.46 Å². The Bertz CT molecular complexity index is 1150. The summed E-state index contributed by atoms with van der Waals surface area (Å²) in [7, 11) is -0.730. The summed E-state index contributed by atoms with van der Waals surface area (Å²) in [5, 5.41) is 0. The molecule has 32 heavy (non-hydrogen) atoms. The van der Waals surface area contributed by atoms with Gasteiger partial charge >= 0.3 is 5.97 Å². The standard InChI is InChI=1S/C25H27NO5S/c1-17-5-15-23(16-6-17)32(28,29)26-21-11-7-19(8-12-21)24(18(2)25(27)31-4)20-9-13-22(30-3)14-10-20/h5-16,18,24,26H,1-4H3/t18-,24+/m1/s1. The summed E-state index contributed by atoms with van der Waals surface area (Å²) >= 11 is 0. The summed E-state index contributed by atoms with van der Waals surface area (Å²) in [5.41, 5.74) is 3.22. The molecule has 7 heteroatoms. The largest absolute Gasteiger partial charge is 0.497 e. The summed E-state index contributed by atoms with van der Waals surface area (Å²) in [5.74, 6) is -0.311. The van der Waals surface area contributed by atoms with E-state index in [9.17, 15) is 13.2 Å². The molecule has 3 aromatic rings. The first-order chi connectivity index (χ1) is 15.2. The Kier molecular flexibility index (Phi) is 7.20. The lowest BCUT2D eigenvalue weighted by Gasteiger charge is -2.24. The smallest absolute Gasteiger partial charge is 0.309 e. The fourth-order valence-corrected chi connectivity index (χ4v) is 4.65.